The molecule has 1 atom stereocenters. The summed E-state index contributed by atoms with van der Waals surface area (Å²) in [7, 11) is 0. The van der Waals surface area contributed by atoms with Crippen LogP contribution in [0.5, 0.6) is 0 Å². The van der Waals surface area contributed by atoms with Crippen molar-refractivity contribution in [1.82, 2.24) is 10.2 Å². The van der Waals surface area contributed by atoms with Crippen LogP contribution in [0.1, 0.15) is 17.2 Å². The highest BCUT2D eigenvalue weighted by Crippen LogP contribution is 2.20. The van der Waals surface area contributed by atoms with Gasteiger partial charge >= 0.3 is 12.0 Å². The lowest BCUT2D eigenvalue weighted by molar-refractivity contribution is -0.137. The van der Waals surface area contributed by atoms with Gasteiger partial charge in [-0.3, -0.25) is 4.79 Å². The van der Waals surface area contributed by atoms with E-state index in [2.05, 4.69) is 5.32 Å². The molecule has 1 fully saturated rings. The van der Waals surface area contributed by atoms with Crippen molar-refractivity contribution in [2.75, 3.05) is 13.1 Å². The van der Waals surface area contributed by atoms with Gasteiger partial charge in [0.1, 0.15) is 6.54 Å². The van der Waals surface area contributed by atoms with Crippen LogP contribution in [0.4, 0.5) is 4.79 Å². The summed E-state index contributed by atoms with van der Waals surface area (Å²) in [6.45, 7) is 2.12. The summed E-state index contributed by atoms with van der Waals surface area (Å²) >= 11 is 0. The predicted molar refractivity (Wildman–Crippen MR) is 61.7 cm³/mol. The van der Waals surface area contributed by atoms with Gasteiger partial charge < -0.3 is 15.3 Å². The van der Waals surface area contributed by atoms with Crippen molar-refractivity contribution in [2.24, 2.45) is 0 Å². The molecule has 0 aromatic heterocycles. The van der Waals surface area contributed by atoms with E-state index in [1.807, 2.05) is 31.2 Å². The van der Waals surface area contributed by atoms with E-state index in [9.17, 15) is 9.59 Å². The first-order valence-corrected chi connectivity index (χ1v) is 5.40. The molecule has 2 rings (SSSR count). The molecule has 1 aliphatic heterocycles. The summed E-state index contributed by atoms with van der Waals surface area (Å²) in [6, 6.07) is 7.39. The first-order chi connectivity index (χ1) is 8.06. The van der Waals surface area contributed by atoms with Gasteiger partial charge in [0.2, 0.25) is 0 Å². The van der Waals surface area contributed by atoms with Gasteiger partial charge in [-0.1, -0.05) is 29.8 Å². The number of rotatable bonds is 3. The molecule has 2 amide bonds. The Bertz CT molecular complexity index is 459. The molecule has 1 heterocycles. The van der Waals surface area contributed by atoms with Crippen LogP contribution in [0.15, 0.2) is 24.3 Å². The van der Waals surface area contributed by atoms with Gasteiger partial charge in [0.05, 0.1) is 6.04 Å². The molecule has 90 valence electrons. The number of aryl methyl sites for hydroxylation is 1. The number of hydrogen-bond acceptors (Lipinski definition) is 2. The zero-order valence-corrected chi connectivity index (χ0v) is 9.51. The summed E-state index contributed by atoms with van der Waals surface area (Å²) in [5.74, 6) is -0.995. The highest BCUT2D eigenvalue weighted by Gasteiger charge is 2.30. The van der Waals surface area contributed by atoms with E-state index < -0.39 is 5.97 Å². The summed E-state index contributed by atoms with van der Waals surface area (Å²) in [5.41, 5.74) is 2.12. The summed E-state index contributed by atoms with van der Waals surface area (Å²) in [5, 5.41) is 11.4. The number of amides is 2. The first-order valence-electron chi connectivity index (χ1n) is 5.40. The fourth-order valence-corrected chi connectivity index (χ4v) is 1.96. The number of carboxylic acids is 1. The number of carboxylic acid groups (broad SMARTS) is 1. The molecule has 1 aliphatic rings. The second-order valence-electron chi connectivity index (χ2n) is 4.19. The molecular formula is C12H14N2O3. The third kappa shape index (κ3) is 2.55. The lowest BCUT2D eigenvalue weighted by atomic mass is 10.1. The number of carbonyl (C=O) groups excluding carboxylic acids is 1. The second-order valence-corrected chi connectivity index (χ2v) is 4.19. The van der Waals surface area contributed by atoms with Gasteiger partial charge in [0, 0.05) is 6.54 Å². The van der Waals surface area contributed by atoms with E-state index in [1.165, 1.54) is 4.90 Å². The summed E-state index contributed by atoms with van der Waals surface area (Å²) in [6.07, 6.45) is 0. The standard InChI is InChI=1S/C12H14N2O3/c1-8-3-2-4-9(5-8)10-6-14(7-11(15)16)12(17)13-10/h2-5,10H,6-7H2,1H3,(H,13,17)(H,15,16). The van der Waals surface area contributed by atoms with Crippen molar-refractivity contribution in [1.29, 1.82) is 0 Å². The number of carbonyl (C=O) groups is 2. The number of nitrogens with zero attached hydrogens (tertiary/aromatic N) is 1. The van der Waals surface area contributed by atoms with E-state index in [4.69, 9.17) is 5.11 Å². The molecule has 1 saturated heterocycles. The molecule has 1 aromatic carbocycles. The number of aliphatic carboxylic acids is 1. The molecule has 0 bridgehead atoms. The van der Waals surface area contributed by atoms with Crippen molar-refractivity contribution in [3.8, 4) is 0 Å². The smallest absolute Gasteiger partial charge is 0.323 e. The Labute approximate surface area is 99.0 Å². The Balaban J connectivity index is 2.11. The minimum Gasteiger partial charge on any atom is -0.480 e. The monoisotopic (exact) mass is 234 g/mol. The molecule has 0 aliphatic carbocycles. The third-order valence-electron chi connectivity index (χ3n) is 2.76. The Morgan fingerprint density at radius 2 is 2.35 bits per heavy atom. The SMILES string of the molecule is Cc1cccc(C2CN(CC(=O)O)C(=O)N2)c1. The van der Waals surface area contributed by atoms with Crippen molar-refractivity contribution in [3.05, 3.63) is 35.4 Å². The first kappa shape index (κ1) is 11.4. The normalized spacial score (nSPS) is 19.2. The van der Waals surface area contributed by atoms with Crippen molar-refractivity contribution >= 4 is 12.0 Å². The Kier molecular flexibility index (Phi) is 2.99. The van der Waals surface area contributed by atoms with Crippen molar-refractivity contribution in [2.45, 2.75) is 13.0 Å². The molecule has 2 N–H and O–H groups in total. The fraction of sp³-hybridized carbons (Fsp3) is 0.333. The molecule has 0 radical (unpaired) electrons. The molecule has 5 heteroatoms. The van der Waals surface area contributed by atoms with Gasteiger partial charge in [0.15, 0.2) is 0 Å². The van der Waals surface area contributed by atoms with Gasteiger partial charge in [-0.15, -0.1) is 0 Å². The van der Waals surface area contributed by atoms with Crippen LogP contribution in [0.2, 0.25) is 0 Å². The van der Waals surface area contributed by atoms with Gasteiger partial charge in [-0.2, -0.15) is 0 Å². The molecule has 17 heavy (non-hydrogen) atoms. The quantitative estimate of drug-likeness (QED) is 0.824. The van der Waals surface area contributed by atoms with E-state index >= 15 is 0 Å². The maximum absolute atomic E-state index is 11.5. The summed E-state index contributed by atoms with van der Waals surface area (Å²) in [4.78, 5) is 23.4. The topological polar surface area (TPSA) is 69.6 Å². The highest BCUT2D eigenvalue weighted by molar-refractivity contribution is 5.82. The van der Waals surface area contributed by atoms with Crippen LogP contribution >= 0.6 is 0 Å². The van der Waals surface area contributed by atoms with Gasteiger partial charge in [-0.25, -0.2) is 4.79 Å². The largest absolute Gasteiger partial charge is 0.480 e. The van der Waals surface area contributed by atoms with Crippen LogP contribution < -0.4 is 5.32 Å². The number of hydrogen-bond donors (Lipinski definition) is 2. The number of urea groups is 1. The van der Waals surface area contributed by atoms with Crippen LogP contribution in [0.25, 0.3) is 0 Å². The highest BCUT2D eigenvalue weighted by atomic mass is 16.4. The van der Waals surface area contributed by atoms with Gasteiger partial charge in [-0.05, 0) is 12.5 Å². The lowest BCUT2D eigenvalue weighted by Crippen LogP contribution is -2.32. The van der Waals surface area contributed by atoms with Gasteiger partial charge in [0.25, 0.3) is 0 Å². The van der Waals surface area contributed by atoms with Crippen molar-refractivity contribution in [3.63, 3.8) is 0 Å². The average molecular weight is 234 g/mol. The summed E-state index contributed by atoms with van der Waals surface area (Å²) < 4.78 is 0. The van der Waals surface area contributed by atoms with E-state index in [-0.39, 0.29) is 18.6 Å². The van der Waals surface area contributed by atoms with Crippen LogP contribution in [-0.2, 0) is 4.79 Å². The molecular weight excluding hydrogens is 220 g/mol. The van der Waals surface area contributed by atoms with E-state index in [1.54, 1.807) is 0 Å². The maximum Gasteiger partial charge on any atom is 0.323 e. The van der Waals surface area contributed by atoms with Crippen LogP contribution in [0, 0.1) is 6.92 Å². The lowest BCUT2D eigenvalue weighted by Gasteiger charge is -2.12. The fourth-order valence-electron chi connectivity index (χ4n) is 1.96. The Morgan fingerprint density at radius 3 is 3.00 bits per heavy atom. The average Bonchev–Trinajstić information content (AvgIpc) is 2.59. The molecule has 5 nitrogen and oxygen atoms in total. The minimum atomic E-state index is -0.995. The minimum absolute atomic E-state index is 0.123. The van der Waals surface area contributed by atoms with Crippen molar-refractivity contribution < 1.29 is 14.7 Å². The number of nitrogens with one attached hydrogen (secondary N) is 1. The van der Waals surface area contributed by atoms with Crippen LogP contribution in [0.3, 0.4) is 0 Å². The van der Waals surface area contributed by atoms with E-state index in [0.717, 1.165) is 11.1 Å². The number of benzene rings is 1. The van der Waals surface area contributed by atoms with E-state index in [0.29, 0.717) is 6.54 Å². The molecule has 0 spiro atoms. The van der Waals surface area contributed by atoms with Crippen LogP contribution in [-0.4, -0.2) is 35.1 Å². The Hall–Kier alpha value is -2.04. The zero-order valence-electron chi connectivity index (χ0n) is 9.51. The Morgan fingerprint density at radius 1 is 1.59 bits per heavy atom. The molecule has 1 unspecified atom stereocenters. The third-order valence-corrected chi connectivity index (χ3v) is 2.76. The zero-order chi connectivity index (χ0) is 12.4. The molecule has 1 aromatic rings. The molecule has 0 saturated carbocycles. The predicted octanol–water partition coefficient (Wildman–Crippen LogP) is 1.15. The maximum atomic E-state index is 11.5. The second kappa shape index (κ2) is 4.45.